The molecule has 0 aliphatic rings. The van der Waals surface area contributed by atoms with E-state index in [1.54, 1.807) is 0 Å². The quantitative estimate of drug-likeness (QED) is 0.235. The van der Waals surface area contributed by atoms with Gasteiger partial charge in [-0.15, -0.1) is 0 Å². The summed E-state index contributed by atoms with van der Waals surface area (Å²) in [6.45, 7) is 0.286. The normalized spacial score (nSPS) is 13.0. The first-order chi connectivity index (χ1) is 19.4. The van der Waals surface area contributed by atoms with Crippen LogP contribution in [0, 0.1) is 0 Å². The predicted molar refractivity (Wildman–Crippen MR) is 146 cm³/mol. The van der Waals surface area contributed by atoms with Crippen molar-refractivity contribution in [3.05, 3.63) is 99.5 Å². The molecular weight excluding hydrogens is 586 g/mol. The van der Waals surface area contributed by atoms with Crippen molar-refractivity contribution in [2.45, 2.75) is 36.9 Å². The van der Waals surface area contributed by atoms with Gasteiger partial charge in [0.25, 0.3) is 5.91 Å². The molecule has 41 heavy (non-hydrogen) atoms. The standard InChI is InChI=1S/C28H26ClF4N3O4S/c1-2-41(39,40)21-7-4-17(5-8-21)24(16-37)35-27(38)19-10-12-36-25(9-11-30)23(34-26(36)14-19)13-18-3-6-20(29)15-22(18)28(31,32)33/h3-8,10,12,14-15,24,37H,2,9,11,13,16H2,1H3,(H,35,38)/t24-/m0/s1. The number of alkyl halides is 4. The smallest absolute Gasteiger partial charge is 0.394 e. The van der Waals surface area contributed by atoms with Crippen LogP contribution in [0.25, 0.3) is 5.65 Å². The SMILES string of the molecule is CCS(=O)(=O)c1ccc([C@H](CO)NC(=O)c2ccn3c(CCF)c(Cc4ccc(Cl)cc4C(F)(F)F)nc3c2)cc1. The topological polar surface area (TPSA) is 101 Å². The molecule has 0 saturated heterocycles. The van der Waals surface area contributed by atoms with Gasteiger partial charge in [0.15, 0.2) is 9.84 Å². The van der Waals surface area contributed by atoms with Gasteiger partial charge in [0, 0.05) is 35.3 Å². The largest absolute Gasteiger partial charge is 0.416 e. The number of hydrogen-bond donors (Lipinski definition) is 2. The van der Waals surface area contributed by atoms with Crippen LogP contribution in [0.5, 0.6) is 0 Å². The lowest BCUT2D eigenvalue weighted by molar-refractivity contribution is -0.138. The van der Waals surface area contributed by atoms with Gasteiger partial charge in [0.1, 0.15) is 5.65 Å². The lowest BCUT2D eigenvalue weighted by Gasteiger charge is -2.17. The molecule has 1 atom stereocenters. The second-order valence-corrected chi connectivity index (χ2v) is 12.0. The summed E-state index contributed by atoms with van der Waals surface area (Å²) >= 11 is 5.79. The number of halogens is 5. The number of hydrogen-bond acceptors (Lipinski definition) is 5. The van der Waals surface area contributed by atoms with Crippen LogP contribution >= 0.6 is 11.6 Å². The van der Waals surface area contributed by atoms with Gasteiger partial charge >= 0.3 is 6.18 Å². The van der Waals surface area contributed by atoms with Crippen LogP contribution in [0.1, 0.15) is 51.4 Å². The molecule has 218 valence electrons. The number of aliphatic hydroxyl groups excluding tert-OH is 1. The van der Waals surface area contributed by atoms with Gasteiger partial charge in [-0.25, -0.2) is 13.4 Å². The Morgan fingerprint density at radius 3 is 2.44 bits per heavy atom. The molecule has 0 spiro atoms. The van der Waals surface area contributed by atoms with E-state index in [2.05, 4.69) is 10.3 Å². The van der Waals surface area contributed by atoms with Crippen molar-refractivity contribution in [2.75, 3.05) is 19.0 Å². The van der Waals surface area contributed by atoms with E-state index in [4.69, 9.17) is 11.6 Å². The Kier molecular flexibility index (Phi) is 9.05. The molecule has 0 aliphatic carbocycles. The Balaban J connectivity index is 1.62. The van der Waals surface area contributed by atoms with E-state index >= 15 is 0 Å². The number of carbonyl (C=O) groups excluding carboxylic acids is 1. The van der Waals surface area contributed by atoms with Gasteiger partial charge in [-0.1, -0.05) is 36.7 Å². The lowest BCUT2D eigenvalue weighted by atomic mass is 10.0. The summed E-state index contributed by atoms with van der Waals surface area (Å²) in [6.07, 6.45) is -3.51. The van der Waals surface area contributed by atoms with Crippen LogP contribution in [0.3, 0.4) is 0 Å². The maximum atomic E-state index is 13.6. The van der Waals surface area contributed by atoms with Gasteiger partial charge in [0.2, 0.25) is 0 Å². The first kappa shape index (κ1) is 30.5. The number of rotatable bonds is 10. The fraction of sp³-hybridized carbons (Fsp3) is 0.286. The van der Waals surface area contributed by atoms with E-state index in [1.165, 1.54) is 66.1 Å². The van der Waals surface area contributed by atoms with Crippen molar-refractivity contribution in [3.63, 3.8) is 0 Å². The van der Waals surface area contributed by atoms with Gasteiger partial charge in [-0.2, -0.15) is 13.2 Å². The number of nitrogens with one attached hydrogen (secondary N) is 1. The first-order valence-corrected chi connectivity index (χ1v) is 14.6. The summed E-state index contributed by atoms with van der Waals surface area (Å²) in [5.41, 5.74) is 0.459. The van der Waals surface area contributed by atoms with E-state index in [-0.39, 0.29) is 51.0 Å². The minimum atomic E-state index is -4.65. The molecule has 0 aliphatic heterocycles. The maximum Gasteiger partial charge on any atom is 0.416 e. The van der Waals surface area contributed by atoms with Crippen LogP contribution in [0.4, 0.5) is 17.6 Å². The van der Waals surface area contributed by atoms with Crippen LogP contribution in [0.2, 0.25) is 5.02 Å². The summed E-state index contributed by atoms with van der Waals surface area (Å²) in [4.78, 5) is 17.6. The number of nitrogens with zero attached hydrogens (tertiary/aromatic N) is 2. The molecule has 2 heterocycles. The van der Waals surface area contributed by atoms with Gasteiger partial charge in [-0.3, -0.25) is 9.18 Å². The number of aryl methyl sites for hydroxylation is 1. The Hall–Kier alpha value is -3.48. The summed E-state index contributed by atoms with van der Waals surface area (Å²) in [5, 5.41) is 12.5. The Bertz CT molecular complexity index is 1670. The lowest BCUT2D eigenvalue weighted by Crippen LogP contribution is -2.30. The number of fused-ring (bicyclic) bond motifs is 1. The van der Waals surface area contributed by atoms with Crippen molar-refractivity contribution in [1.82, 2.24) is 14.7 Å². The Morgan fingerprint density at radius 1 is 1.12 bits per heavy atom. The molecule has 2 aromatic carbocycles. The van der Waals surface area contributed by atoms with Crippen molar-refractivity contribution < 1.29 is 35.9 Å². The number of pyridine rings is 1. The average molecular weight is 612 g/mol. The Morgan fingerprint density at radius 2 is 1.83 bits per heavy atom. The number of benzene rings is 2. The second kappa shape index (κ2) is 12.2. The van der Waals surface area contributed by atoms with E-state index in [0.29, 0.717) is 11.3 Å². The third-order valence-electron chi connectivity index (χ3n) is 6.65. The summed E-state index contributed by atoms with van der Waals surface area (Å²) in [6, 6.07) is 11.3. The summed E-state index contributed by atoms with van der Waals surface area (Å²) < 4.78 is 80.0. The zero-order valence-electron chi connectivity index (χ0n) is 21.8. The zero-order chi connectivity index (χ0) is 29.9. The number of aromatic nitrogens is 2. The fourth-order valence-electron chi connectivity index (χ4n) is 4.48. The van der Waals surface area contributed by atoms with Gasteiger partial charge < -0.3 is 14.8 Å². The summed E-state index contributed by atoms with van der Waals surface area (Å²) in [5.74, 6) is -0.647. The molecule has 0 bridgehead atoms. The molecule has 0 unspecified atom stereocenters. The number of imidazole rings is 1. The van der Waals surface area contributed by atoms with Crippen molar-refractivity contribution in [3.8, 4) is 0 Å². The first-order valence-electron chi connectivity index (χ1n) is 12.5. The summed E-state index contributed by atoms with van der Waals surface area (Å²) in [7, 11) is -3.42. The number of carbonyl (C=O) groups is 1. The van der Waals surface area contributed by atoms with E-state index in [0.717, 1.165) is 6.07 Å². The molecule has 7 nitrogen and oxygen atoms in total. The molecule has 13 heteroatoms. The molecule has 4 rings (SSSR count). The molecule has 0 fully saturated rings. The van der Waals surface area contributed by atoms with Crippen LogP contribution in [-0.4, -0.2) is 47.9 Å². The average Bonchev–Trinajstić information content (AvgIpc) is 3.28. The van der Waals surface area contributed by atoms with Gasteiger partial charge in [-0.05, 0) is 47.5 Å². The monoisotopic (exact) mass is 611 g/mol. The predicted octanol–water partition coefficient (Wildman–Crippen LogP) is 5.37. The fourth-order valence-corrected chi connectivity index (χ4v) is 5.53. The Labute approximate surface area is 238 Å². The molecule has 0 radical (unpaired) electrons. The molecule has 0 saturated carbocycles. The minimum absolute atomic E-state index is 0.0687. The van der Waals surface area contributed by atoms with Crippen molar-refractivity contribution in [1.29, 1.82) is 0 Å². The molecule has 1 amide bonds. The second-order valence-electron chi connectivity index (χ2n) is 9.24. The number of aliphatic hydroxyl groups is 1. The van der Waals surface area contributed by atoms with Crippen LogP contribution in [0.15, 0.2) is 65.7 Å². The third kappa shape index (κ3) is 6.71. The molecular formula is C28H26ClF4N3O4S. The van der Waals surface area contributed by atoms with Crippen molar-refractivity contribution in [2.24, 2.45) is 0 Å². The minimum Gasteiger partial charge on any atom is -0.394 e. The van der Waals surface area contributed by atoms with Gasteiger partial charge in [0.05, 0.1) is 41.2 Å². The van der Waals surface area contributed by atoms with E-state index < -0.39 is 46.8 Å². The molecule has 4 aromatic rings. The highest BCUT2D eigenvalue weighted by Gasteiger charge is 2.34. The van der Waals surface area contributed by atoms with Crippen molar-refractivity contribution >= 4 is 33.0 Å². The van der Waals surface area contributed by atoms with E-state index in [1.807, 2.05) is 0 Å². The highest BCUT2D eigenvalue weighted by Crippen LogP contribution is 2.35. The third-order valence-corrected chi connectivity index (χ3v) is 8.63. The highest BCUT2D eigenvalue weighted by atomic mass is 35.5. The molecule has 2 aromatic heterocycles. The van der Waals surface area contributed by atoms with Crippen LogP contribution in [-0.2, 0) is 28.9 Å². The molecule has 2 N–H and O–H groups in total. The van der Waals surface area contributed by atoms with Crippen LogP contribution < -0.4 is 5.32 Å². The number of sulfone groups is 1. The number of amides is 1. The maximum absolute atomic E-state index is 13.6. The highest BCUT2D eigenvalue weighted by molar-refractivity contribution is 7.91. The zero-order valence-corrected chi connectivity index (χ0v) is 23.3. The van der Waals surface area contributed by atoms with E-state index in [9.17, 15) is 35.9 Å².